The van der Waals surface area contributed by atoms with E-state index in [1.54, 1.807) is 19.1 Å². The summed E-state index contributed by atoms with van der Waals surface area (Å²) in [5, 5.41) is 3.34. The molecule has 1 aliphatic heterocycles. The molecule has 0 atom stereocenters. The van der Waals surface area contributed by atoms with E-state index in [9.17, 15) is 13.2 Å². The second kappa shape index (κ2) is 13.3. The fraction of sp³-hybridized carbons (Fsp3) is 0.407. The summed E-state index contributed by atoms with van der Waals surface area (Å²) in [4.78, 5) is 18.2. The van der Waals surface area contributed by atoms with Crippen LogP contribution >= 0.6 is 34.5 Å². The van der Waals surface area contributed by atoms with E-state index in [4.69, 9.17) is 27.9 Å². The average Bonchev–Trinajstić information content (AvgIpc) is 3.28. The highest BCUT2D eigenvalue weighted by atomic mass is 35.5. The van der Waals surface area contributed by atoms with Crippen LogP contribution < -0.4 is 14.4 Å². The predicted molar refractivity (Wildman–Crippen MR) is 158 cm³/mol. The SMILES string of the molecule is CC(=O)Nc1nc(C)c(S(=O)(=O)N(Cc2ccccc2OCCCN2CCCCC2)c2cc(Cl)ccc2Cl)s1. The number of ether oxygens (including phenoxy) is 1. The normalized spacial score (nSPS) is 14.3. The van der Waals surface area contributed by atoms with Crippen molar-refractivity contribution in [3.63, 3.8) is 0 Å². The molecule has 0 bridgehead atoms. The third kappa shape index (κ3) is 7.64. The molecule has 1 amide bonds. The van der Waals surface area contributed by atoms with Gasteiger partial charge < -0.3 is 15.0 Å². The van der Waals surface area contributed by atoms with Crippen LogP contribution in [0.3, 0.4) is 0 Å². The lowest BCUT2D eigenvalue weighted by molar-refractivity contribution is -0.114. The Kier molecular flexibility index (Phi) is 10.1. The molecule has 0 unspecified atom stereocenters. The molecule has 2 heterocycles. The van der Waals surface area contributed by atoms with E-state index in [0.29, 0.717) is 22.9 Å². The molecule has 1 aromatic heterocycles. The maximum absolute atomic E-state index is 14.1. The van der Waals surface area contributed by atoms with Gasteiger partial charge >= 0.3 is 0 Å². The first-order chi connectivity index (χ1) is 18.6. The van der Waals surface area contributed by atoms with Crippen LogP contribution in [0, 0.1) is 6.92 Å². The Hall–Kier alpha value is -2.37. The van der Waals surface area contributed by atoms with Gasteiger partial charge in [-0.25, -0.2) is 13.4 Å². The van der Waals surface area contributed by atoms with Crippen molar-refractivity contribution in [3.8, 4) is 5.75 Å². The summed E-state index contributed by atoms with van der Waals surface area (Å²) in [6.07, 6.45) is 4.66. The molecule has 0 saturated carbocycles. The van der Waals surface area contributed by atoms with Gasteiger partial charge in [0, 0.05) is 24.1 Å². The maximum Gasteiger partial charge on any atom is 0.276 e. The third-order valence-electron chi connectivity index (χ3n) is 6.35. The molecule has 1 fully saturated rings. The molecular formula is C27H32Cl2N4O4S2. The standard InChI is InChI=1S/C27H32Cl2N4O4S2/c1-19-26(38-27(30-19)31-20(2)34)39(35,36)33(24-17-22(28)11-12-23(24)29)18-21-9-4-5-10-25(21)37-16-8-15-32-13-6-3-7-14-32/h4-5,9-12,17H,3,6-8,13-16,18H2,1-2H3,(H,30,31,34). The molecular weight excluding hydrogens is 579 g/mol. The Morgan fingerprint density at radius 1 is 1.15 bits per heavy atom. The van der Waals surface area contributed by atoms with E-state index < -0.39 is 10.0 Å². The number of carbonyl (C=O) groups excluding carboxylic acids is 1. The summed E-state index contributed by atoms with van der Waals surface area (Å²) in [6, 6.07) is 12.1. The lowest BCUT2D eigenvalue weighted by atomic mass is 10.1. The van der Waals surface area contributed by atoms with Crippen molar-refractivity contribution < 1.29 is 17.9 Å². The number of halogens is 2. The van der Waals surface area contributed by atoms with Gasteiger partial charge in [-0.15, -0.1) is 0 Å². The highest BCUT2D eigenvalue weighted by Crippen LogP contribution is 2.38. The number of nitrogens with zero attached hydrogens (tertiary/aromatic N) is 3. The van der Waals surface area contributed by atoms with Crippen molar-refractivity contribution in [2.75, 3.05) is 35.9 Å². The molecule has 39 heavy (non-hydrogen) atoms. The first kappa shape index (κ1) is 29.6. The number of benzene rings is 2. The summed E-state index contributed by atoms with van der Waals surface area (Å²) in [6.45, 7) is 6.64. The van der Waals surface area contributed by atoms with Crippen molar-refractivity contribution in [2.45, 2.75) is 50.3 Å². The number of aromatic nitrogens is 1. The monoisotopic (exact) mass is 610 g/mol. The fourth-order valence-electron chi connectivity index (χ4n) is 4.49. The van der Waals surface area contributed by atoms with E-state index in [1.165, 1.54) is 36.6 Å². The van der Waals surface area contributed by atoms with Crippen molar-refractivity contribution in [3.05, 3.63) is 63.8 Å². The van der Waals surface area contributed by atoms with Crippen LogP contribution in [0.15, 0.2) is 46.7 Å². The summed E-state index contributed by atoms with van der Waals surface area (Å²) >= 11 is 13.7. The molecule has 2 aromatic carbocycles. The van der Waals surface area contributed by atoms with Gasteiger partial charge in [0.25, 0.3) is 10.0 Å². The Morgan fingerprint density at radius 3 is 2.64 bits per heavy atom. The summed E-state index contributed by atoms with van der Waals surface area (Å²) in [5.74, 6) is 0.267. The van der Waals surface area contributed by atoms with Gasteiger partial charge in [0.2, 0.25) is 5.91 Å². The third-order valence-corrected chi connectivity index (χ3v) is 10.3. The number of rotatable bonds is 11. The van der Waals surface area contributed by atoms with Gasteiger partial charge in [-0.05, 0) is 63.5 Å². The molecule has 0 radical (unpaired) electrons. The van der Waals surface area contributed by atoms with Crippen LogP contribution in [0.2, 0.25) is 10.0 Å². The number of carbonyl (C=O) groups is 1. The first-order valence-corrected chi connectivity index (χ1v) is 15.8. The number of nitrogens with one attached hydrogen (secondary N) is 1. The van der Waals surface area contributed by atoms with Gasteiger partial charge in [0.15, 0.2) is 9.34 Å². The van der Waals surface area contributed by atoms with Gasteiger partial charge in [-0.1, -0.05) is 59.2 Å². The minimum Gasteiger partial charge on any atom is -0.493 e. The number of anilines is 2. The van der Waals surface area contributed by atoms with Crippen molar-refractivity contribution in [2.24, 2.45) is 0 Å². The minimum atomic E-state index is -4.16. The average molecular weight is 612 g/mol. The quantitative estimate of drug-likeness (QED) is 0.254. The van der Waals surface area contributed by atoms with Crippen LogP contribution in [0.4, 0.5) is 10.8 Å². The fourth-order valence-corrected chi connectivity index (χ4v) is 7.93. The number of hydrogen-bond donors (Lipinski definition) is 1. The Labute approximate surface area is 243 Å². The van der Waals surface area contributed by atoms with Gasteiger partial charge in [0.1, 0.15) is 5.75 Å². The van der Waals surface area contributed by atoms with E-state index in [0.717, 1.165) is 37.4 Å². The van der Waals surface area contributed by atoms with Crippen LogP contribution in [0.1, 0.15) is 43.9 Å². The zero-order valence-corrected chi connectivity index (χ0v) is 25.1. The van der Waals surface area contributed by atoms with Crippen molar-refractivity contribution in [1.82, 2.24) is 9.88 Å². The van der Waals surface area contributed by atoms with E-state index in [2.05, 4.69) is 15.2 Å². The van der Waals surface area contributed by atoms with Crippen molar-refractivity contribution in [1.29, 1.82) is 0 Å². The van der Waals surface area contributed by atoms with Crippen LogP contribution in [0.25, 0.3) is 0 Å². The van der Waals surface area contributed by atoms with Crippen LogP contribution in [-0.2, 0) is 21.4 Å². The molecule has 3 aromatic rings. The second-order valence-electron chi connectivity index (χ2n) is 9.39. The molecule has 1 N–H and O–H groups in total. The lowest BCUT2D eigenvalue weighted by Gasteiger charge is -2.27. The molecule has 1 saturated heterocycles. The van der Waals surface area contributed by atoms with E-state index in [1.807, 2.05) is 24.3 Å². The summed E-state index contributed by atoms with van der Waals surface area (Å²) < 4.78 is 35.6. The largest absolute Gasteiger partial charge is 0.493 e. The van der Waals surface area contributed by atoms with Crippen molar-refractivity contribution >= 4 is 61.3 Å². The zero-order chi connectivity index (χ0) is 28.0. The number of aryl methyl sites for hydroxylation is 1. The summed E-state index contributed by atoms with van der Waals surface area (Å²) in [5.41, 5.74) is 1.19. The topological polar surface area (TPSA) is 91.8 Å². The zero-order valence-electron chi connectivity index (χ0n) is 22.0. The smallest absolute Gasteiger partial charge is 0.276 e. The number of thiazole rings is 1. The molecule has 1 aliphatic rings. The number of sulfonamides is 1. The Morgan fingerprint density at radius 2 is 1.90 bits per heavy atom. The Bertz CT molecular complexity index is 1410. The lowest BCUT2D eigenvalue weighted by Crippen LogP contribution is -2.31. The number of hydrogen-bond acceptors (Lipinski definition) is 7. The van der Waals surface area contributed by atoms with Crippen LogP contribution in [-0.4, -0.2) is 50.5 Å². The molecule has 12 heteroatoms. The van der Waals surface area contributed by atoms with E-state index in [-0.39, 0.29) is 38.2 Å². The van der Waals surface area contributed by atoms with Crippen LogP contribution in [0.5, 0.6) is 5.75 Å². The summed E-state index contributed by atoms with van der Waals surface area (Å²) in [7, 11) is -4.16. The van der Waals surface area contributed by atoms with Gasteiger partial charge in [0.05, 0.1) is 29.6 Å². The number of piperidine rings is 1. The van der Waals surface area contributed by atoms with E-state index >= 15 is 0 Å². The molecule has 210 valence electrons. The second-order valence-corrected chi connectivity index (χ2v) is 13.3. The Balaban J connectivity index is 1.62. The maximum atomic E-state index is 14.1. The molecule has 4 rings (SSSR count). The number of amides is 1. The molecule has 8 nitrogen and oxygen atoms in total. The highest BCUT2D eigenvalue weighted by molar-refractivity contribution is 7.94. The number of likely N-dealkylation sites (tertiary alicyclic amines) is 1. The molecule has 0 aliphatic carbocycles. The van der Waals surface area contributed by atoms with Gasteiger partial charge in [-0.2, -0.15) is 0 Å². The predicted octanol–water partition coefficient (Wildman–Crippen LogP) is 6.37. The molecule has 0 spiro atoms. The first-order valence-electron chi connectivity index (χ1n) is 12.8. The van der Waals surface area contributed by atoms with Gasteiger partial charge in [-0.3, -0.25) is 9.10 Å². The number of para-hydroxylation sites is 1. The highest BCUT2D eigenvalue weighted by Gasteiger charge is 2.32. The minimum absolute atomic E-state index is 0.00206.